The minimum Gasteiger partial charge on any atom is -0.338 e. The van der Waals surface area contributed by atoms with Crippen molar-refractivity contribution in [3.8, 4) is 6.07 Å². The molecule has 5 heteroatoms. The number of nitrogens with zero attached hydrogens (tertiary/aromatic N) is 4. The third-order valence-electron chi connectivity index (χ3n) is 7.98. The van der Waals surface area contributed by atoms with Crippen molar-refractivity contribution in [2.75, 3.05) is 40.8 Å². The summed E-state index contributed by atoms with van der Waals surface area (Å²) in [6, 6.07) is 13.1. The molecule has 0 radical (unpaired) electrons. The van der Waals surface area contributed by atoms with Gasteiger partial charge in [0.15, 0.2) is 0 Å². The van der Waals surface area contributed by atoms with Crippen molar-refractivity contribution in [3.63, 3.8) is 0 Å². The van der Waals surface area contributed by atoms with E-state index in [2.05, 4.69) is 72.2 Å². The summed E-state index contributed by atoms with van der Waals surface area (Å²) in [5, 5.41) is 8.90. The van der Waals surface area contributed by atoms with E-state index < -0.39 is 0 Å². The zero-order valence-corrected chi connectivity index (χ0v) is 19.7. The van der Waals surface area contributed by atoms with E-state index in [1.165, 1.54) is 24.8 Å². The number of unbranched alkanes of at least 4 members (excludes halogenated alkanes) is 1. The van der Waals surface area contributed by atoms with E-state index in [-0.39, 0.29) is 11.1 Å². The first kappa shape index (κ1) is 23.8. The van der Waals surface area contributed by atoms with Gasteiger partial charge in [-0.05, 0) is 84.1 Å². The first-order valence-corrected chi connectivity index (χ1v) is 12.0. The Hall–Kier alpha value is -1.90. The number of amides is 1. The van der Waals surface area contributed by atoms with Crippen LogP contribution in [0.5, 0.6) is 0 Å². The largest absolute Gasteiger partial charge is 0.338 e. The molecule has 0 atom stereocenters. The lowest BCUT2D eigenvalue weighted by Gasteiger charge is -2.54. The smallest absolute Gasteiger partial charge is 0.210 e. The summed E-state index contributed by atoms with van der Waals surface area (Å²) in [5.41, 5.74) is 1.29. The van der Waals surface area contributed by atoms with Gasteiger partial charge in [0.2, 0.25) is 6.41 Å². The zero-order valence-electron chi connectivity index (χ0n) is 19.7. The average Bonchev–Trinajstić information content (AvgIpc) is 2.74. The van der Waals surface area contributed by atoms with Crippen LogP contribution in [0.3, 0.4) is 0 Å². The maximum absolute atomic E-state index is 12.3. The molecule has 0 aliphatic heterocycles. The van der Waals surface area contributed by atoms with Crippen LogP contribution in [-0.2, 0) is 10.3 Å². The molecule has 0 bridgehead atoms. The minimum atomic E-state index is -0.118. The Morgan fingerprint density at radius 3 is 2.29 bits per heavy atom. The van der Waals surface area contributed by atoms with E-state index in [9.17, 15) is 4.79 Å². The van der Waals surface area contributed by atoms with E-state index in [0.29, 0.717) is 12.3 Å². The molecule has 0 N–H and O–H groups in total. The van der Waals surface area contributed by atoms with Crippen molar-refractivity contribution >= 4 is 6.41 Å². The normalized spacial score (nSPS) is 26.5. The predicted molar refractivity (Wildman–Crippen MR) is 125 cm³/mol. The van der Waals surface area contributed by atoms with Crippen LogP contribution < -0.4 is 0 Å². The summed E-state index contributed by atoms with van der Waals surface area (Å²) in [5.74, 6) is 0.667. The Balaban J connectivity index is 1.81. The number of hydrogen-bond donors (Lipinski definition) is 0. The predicted octanol–water partition coefficient (Wildman–Crippen LogP) is 4.25. The molecule has 1 aromatic rings. The van der Waals surface area contributed by atoms with Gasteiger partial charge in [-0.3, -0.25) is 9.69 Å². The Kier molecular flexibility index (Phi) is 8.13. The van der Waals surface area contributed by atoms with Crippen LogP contribution in [0.2, 0.25) is 0 Å². The van der Waals surface area contributed by atoms with Crippen molar-refractivity contribution in [3.05, 3.63) is 35.9 Å². The van der Waals surface area contributed by atoms with Crippen LogP contribution in [0, 0.1) is 17.2 Å². The van der Waals surface area contributed by atoms with Gasteiger partial charge in [0.25, 0.3) is 0 Å². The molecule has 2 fully saturated rings. The highest BCUT2D eigenvalue weighted by Gasteiger charge is 2.48. The van der Waals surface area contributed by atoms with Crippen LogP contribution in [-0.4, -0.2) is 67.4 Å². The van der Waals surface area contributed by atoms with Gasteiger partial charge in [-0.25, -0.2) is 0 Å². The molecule has 0 aromatic heterocycles. The molecule has 2 saturated carbocycles. The second-order valence-electron chi connectivity index (χ2n) is 10.1. The van der Waals surface area contributed by atoms with Gasteiger partial charge in [-0.1, -0.05) is 36.8 Å². The fourth-order valence-electron chi connectivity index (χ4n) is 5.72. The number of hydrogen-bond acceptors (Lipinski definition) is 4. The van der Waals surface area contributed by atoms with Crippen molar-refractivity contribution in [1.29, 1.82) is 5.26 Å². The molecule has 2 aliphatic carbocycles. The number of nitriles is 1. The first-order chi connectivity index (χ1) is 15.0. The van der Waals surface area contributed by atoms with Crippen LogP contribution >= 0.6 is 0 Å². The summed E-state index contributed by atoms with van der Waals surface area (Å²) in [6.45, 7) is 2.70. The lowest BCUT2D eigenvalue weighted by molar-refractivity contribution is -0.130. The number of rotatable bonds is 11. The monoisotopic (exact) mass is 424 g/mol. The second kappa shape index (κ2) is 10.6. The molecule has 5 nitrogen and oxygen atoms in total. The van der Waals surface area contributed by atoms with Gasteiger partial charge >= 0.3 is 0 Å². The molecule has 0 unspecified atom stereocenters. The summed E-state index contributed by atoms with van der Waals surface area (Å²) in [7, 11) is 6.54. The quantitative estimate of drug-likeness (QED) is 0.394. The Bertz CT molecular complexity index is 730. The standard InChI is InChI=1S/C26H40N4O/c1-28(2)26(24-12-5-4-6-13-24)16-14-25(15-17-26,21-29(3)19-8-7-18-27)30(22-31)20-23-10-9-11-23/h4-6,12-13,22-23H,7-11,14-17,19-21H2,1-3H3. The minimum absolute atomic E-state index is 0.0230. The highest BCUT2D eigenvalue weighted by molar-refractivity contribution is 5.49. The van der Waals surface area contributed by atoms with Gasteiger partial charge in [0, 0.05) is 25.0 Å². The van der Waals surface area contributed by atoms with Crippen LogP contribution in [0.4, 0.5) is 0 Å². The third-order valence-corrected chi connectivity index (χ3v) is 7.98. The average molecular weight is 425 g/mol. The molecular formula is C26H40N4O. The highest BCUT2D eigenvalue weighted by Crippen LogP contribution is 2.47. The maximum Gasteiger partial charge on any atom is 0.210 e. The molecule has 170 valence electrons. The first-order valence-electron chi connectivity index (χ1n) is 12.0. The number of benzene rings is 1. The molecule has 3 rings (SSSR count). The van der Waals surface area contributed by atoms with E-state index in [1.807, 2.05) is 0 Å². The van der Waals surface area contributed by atoms with Gasteiger partial charge in [0.1, 0.15) is 0 Å². The molecule has 0 saturated heterocycles. The van der Waals surface area contributed by atoms with Gasteiger partial charge in [-0.15, -0.1) is 0 Å². The molecule has 31 heavy (non-hydrogen) atoms. The zero-order chi connectivity index (χ0) is 22.3. The van der Waals surface area contributed by atoms with E-state index in [1.54, 1.807) is 0 Å². The van der Waals surface area contributed by atoms with E-state index in [4.69, 9.17) is 5.26 Å². The van der Waals surface area contributed by atoms with Crippen molar-refractivity contribution in [2.24, 2.45) is 5.92 Å². The van der Waals surface area contributed by atoms with Crippen LogP contribution in [0.1, 0.15) is 63.4 Å². The lowest BCUT2D eigenvalue weighted by Crippen LogP contribution is -2.61. The fraction of sp³-hybridized carbons (Fsp3) is 0.692. The van der Waals surface area contributed by atoms with Gasteiger partial charge in [-0.2, -0.15) is 5.26 Å². The van der Waals surface area contributed by atoms with Crippen LogP contribution in [0.25, 0.3) is 0 Å². The van der Waals surface area contributed by atoms with Gasteiger partial charge in [0.05, 0.1) is 11.6 Å². The van der Waals surface area contributed by atoms with E-state index in [0.717, 1.165) is 58.1 Å². The third kappa shape index (κ3) is 5.30. The summed E-state index contributed by atoms with van der Waals surface area (Å²) in [6.07, 6.45) is 10.5. The van der Waals surface area contributed by atoms with E-state index >= 15 is 0 Å². The Morgan fingerprint density at radius 1 is 1.10 bits per heavy atom. The summed E-state index contributed by atoms with van der Waals surface area (Å²) < 4.78 is 0. The SMILES string of the molecule is CN(CCCC#N)CC1(N(C=O)CC2CCC2)CCC(c2ccccc2)(N(C)C)CC1. The Morgan fingerprint density at radius 2 is 1.77 bits per heavy atom. The Labute approximate surface area is 189 Å². The molecule has 1 amide bonds. The fourth-order valence-corrected chi connectivity index (χ4v) is 5.72. The number of carbonyl (C=O) groups is 1. The van der Waals surface area contributed by atoms with Gasteiger partial charge < -0.3 is 9.80 Å². The van der Waals surface area contributed by atoms with Crippen LogP contribution in [0.15, 0.2) is 30.3 Å². The molecule has 2 aliphatic rings. The summed E-state index contributed by atoms with van der Waals surface area (Å²) >= 11 is 0. The topological polar surface area (TPSA) is 50.6 Å². The lowest BCUT2D eigenvalue weighted by atomic mass is 9.67. The number of likely N-dealkylation sites (N-methyl/N-ethyl adjacent to an activating group) is 1. The molecule has 1 aromatic carbocycles. The highest BCUT2D eigenvalue weighted by atomic mass is 16.1. The summed E-state index contributed by atoms with van der Waals surface area (Å²) in [4.78, 5) is 19.3. The van der Waals surface area contributed by atoms with Crippen molar-refractivity contribution in [2.45, 2.75) is 68.9 Å². The van der Waals surface area contributed by atoms with Crippen molar-refractivity contribution in [1.82, 2.24) is 14.7 Å². The maximum atomic E-state index is 12.3. The van der Waals surface area contributed by atoms with Crippen molar-refractivity contribution < 1.29 is 4.79 Å². The number of carbonyl (C=O) groups excluding carboxylic acids is 1. The second-order valence-corrected chi connectivity index (χ2v) is 10.1. The molecular weight excluding hydrogens is 384 g/mol. The molecule has 0 heterocycles. The molecule has 0 spiro atoms.